The lowest BCUT2D eigenvalue weighted by Crippen LogP contribution is -2.54. The van der Waals surface area contributed by atoms with Crippen molar-refractivity contribution >= 4 is 58.0 Å². The van der Waals surface area contributed by atoms with Gasteiger partial charge in [0.2, 0.25) is 17.7 Å². The van der Waals surface area contributed by atoms with Crippen LogP contribution in [0.25, 0.3) is 11.1 Å². The highest BCUT2D eigenvalue weighted by Crippen LogP contribution is 2.43. The average Bonchev–Trinajstić information content (AvgIpc) is 3.76. The number of carbonyl (C=O) groups excluding carboxylic acids is 5. The third-order valence-electron chi connectivity index (χ3n) is 13.4. The highest BCUT2D eigenvalue weighted by Gasteiger charge is 2.46. The molecule has 11 nitrogen and oxygen atoms in total. The molecule has 0 aromatic heterocycles. The number of nitrogens with one attached hydrogen (secondary N) is 1. The van der Waals surface area contributed by atoms with E-state index in [1.54, 1.807) is 36.4 Å². The first-order valence-electron chi connectivity index (χ1n) is 21.1. The van der Waals surface area contributed by atoms with Crippen molar-refractivity contribution in [3.8, 4) is 5.75 Å². The second-order valence-electron chi connectivity index (χ2n) is 17.0. The molecule has 5 aliphatic heterocycles. The number of halogens is 2. The number of phenolic OH excluding ortho intramolecular Hbond substituents is 1. The van der Waals surface area contributed by atoms with Crippen LogP contribution in [-0.2, 0) is 27.5 Å². The van der Waals surface area contributed by atoms with Crippen LogP contribution in [0.15, 0.2) is 84.9 Å². The summed E-state index contributed by atoms with van der Waals surface area (Å²) < 4.78 is 13.9. The number of amides is 5. The van der Waals surface area contributed by atoms with Crippen molar-refractivity contribution in [2.24, 2.45) is 5.41 Å². The number of nitrogens with zero attached hydrogens (tertiary/aromatic N) is 4. The topological polar surface area (TPSA) is 131 Å². The number of anilines is 1. The van der Waals surface area contributed by atoms with Gasteiger partial charge in [0, 0.05) is 57.3 Å². The highest BCUT2D eigenvalue weighted by molar-refractivity contribution is 6.23. The molecule has 61 heavy (non-hydrogen) atoms. The van der Waals surface area contributed by atoms with E-state index in [-0.39, 0.29) is 53.4 Å². The van der Waals surface area contributed by atoms with Crippen LogP contribution in [0.2, 0.25) is 0 Å². The first-order chi connectivity index (χ1) is 29.5. The van der Waals surface area contributed by atoms with Crippen LogP contribution in [0.3, 0.4) is 0 Å². The molecule has 0 aliphatic carbocycles. The number of fused-ring (bicyclic) bond motifs is 2. The number of phenols is 1. The summed E-state index contributed by atoms with van der Waals surface area (Å²) in [4.78, 5) is 71.8. The monoisotopic (exact) mass is 843 g/mol. The summed E-state index contributed by atoms with van der Waals surface area (Å²) in [5, 5.41) is 12.3. The number of rotatable bonds is 9. The summed E-state index contributed by atoms with van der Waals surface area (Å²) in [5.41, 5.74) is 8.49. The van der Waals surface area contributed by atoms with Crippen LogP contribution in [0, 0.1) is 11.2 Å². The number of aromatic hydroxyl groups is 1. The Morgan fingerprint density at radius 3 is 1.90 bits per heavy atom. The maximum Gasteiger partial charge on any atom is 0.262 e. The molecule has 3 fully saturated rings. The van der Waals surface area contributed by atoms with E-state index in [9.17, 15) is 33.5 Å². The van der Waals surface area contributed by atoms with Gasteiger partial charge in [-0.1, -0.05) is 36.4 Å². The van der Waals surface area contributed by atoms with Crippen LogP contribution in [0.4, 0.5) is 10.1 Å². The van der Waals surface area contributed by atoms with Gasteiger partial charge in [0.15, 0.2) is 0 Å². The molecule has 0 radical (unpaired) electrons. The summed E-state index contributed by atoms with van der Waals surface area (Å²) in [5.74, 6) is -1.73. The van der Waals surface area contributed by atoms with Crippen molar-refractivity contribution in [3.05, 3.63) is 130 Å². The van der Waals surface area contributed by atoms with Gasteiger partial charge in [0.05, 0.1) is 17.7 Å². The van der Waals surface area contributed by atoms with Crippen molar-refractivity contribution < 1.29 is 33.5 Å². The molecule has 314 valence electrons. The van der Waals surface area contributed by atoms with E-state index < -0.39 is 29.7 Å². The fraction of sp³-hybridized carbons (Fsp3) is 0.354. The molecular formula is C48H47ClFN5O6. The second-order valence-corrected chi connectivity index (χ2v) is 17.4. The van der Waals surface area contributed by atoms with E-state index in [1.165, 1.54) is 12.1 Å². The Balaban J connectivity index is 0.798. The van der Waals surface area contributed by atoms with Gasteiger partial charge in [-0.3, -0.25) is 39.1 Å². The number of imide groups is 2. The van der Waals surface area contributed by atoms with Crippen molar-refractivity contribution in [1.29, 1.82) is 0 Å². The number of likely N-dealkylation sites (tertiary alicyclic amines) is 1. The summed E-state index contributed by atoms with van der Waals surface area (Å²) in [6.07, 6.45) is 4.77. The number of alkyl halides is 1. The van der Waals surface area contributed by atoms with E-state index in [0.29, 0.717) is 38.5 Å². The predicted octanol–water partition coefficient (Wildman–Crippen LogP) is 6.75. The molecule has 5 amide bonds. The normalized spacial score (nSPS) is 20.5. The van der Waals surface area contributed by atoms with Crippen molar-refractivity contribution in [2.45, 2.75) is 64.1 Å². The largest absolute Gasteiger partial charge is 0.508 e. The predicted molar refractivity (Wildman–Crippen MR) is 229 cm³/mol. The molecule has 2 N–H and O–H groups in total. The fourth-order valence-corrected chi connectivity index (χ4v) is 10.1. The average molecular weight is 844 g/mol. The lowest BCUT2D eigenvalue weighted by molar-refractivity contribution is -0.137. The first kappa shape index (κ1) is 40.6. The quantitative estimate of drug-likeness (QED) is 0.108. The Bertz CT molecular complexity index is 2390. The molecular weight excluding hydrogens is 797 g/mol. The lowest BCUT2D eigenvalue weighted by atomic mass is 9.71. The molecule has 5 heterocycles. The number of benzene rings is 4. The minimum atomic E-state index is -1.00. The zero-order valence-corrected chi connectivity index (χ0v) is 34.6. The Kier molecular flexibility index (Phi) is 11.0. The van der Waals surface area contributed by atoms with Gasteiger partial charge in [0.25, 0.3) is 11.8 Å². The zero-order chi connectivity index (χ0) is 42.4. The van der Waals surface area contributed by atoms with Crippen LogP contribution < -0.4 is 10.2 Å². The molecule has 4 aromatic carbocycles. The Hall–Kier alpha value is -5.85. The maximum atomic E-state index is 13.9. The molecule has 0 saturated carbocycles. The molecule has 1 unspecified atom stereocenters. The molecule has 9 rings (SSSR count). The number of hydrogen-bond donors (Lipinski definition) is 2. The van der Waals surface area contributed by atoms with E-state index in [2.05, 4.69) is 34.5 Å². The standard InChI is InChI=1S/C48H47ClFN5O6/c49-20-15-38(30-1-7-35(50)8-2-30)44(32-5-11-37(56)12-6-32)31-3-9-36(10-4-31)53-21-16-48(17-22-53)18-23-54(24-19-48)43(58)29-52-27-33-25-39-40(26-34(33)28-52)47(61)55(46(39)60)41-13-14-42(57)51-45(41)59/h1-12,25-26,41,56H,13-24,27-29H2,(H,51,57,59). The third-order valence-corrected chi connectivity index (χ3v) is 13.6. The minimum Gasteiger partial charge on any atom is -0.508 e. The molecule has 5 aliphatic rings. The van der Waals surface area contributed by atoms with E-state index in [4.69, 9.17) is 11.6 Å². The summed E-state index contributed by atoms with van der Waals surface area (Å²) in [6.45, 7) is 4.50. The summed E-state index contributed by atoms with van der Waals surface area (Å²) in [6, 6.07) is 24.7. The number of carbonyl (C=O) groups is 5. The highest BCUT2D eigenvalue weighted by atomic mass is 35.5. The fourth-order valence-electron chi connectivity index (χ4n) is 9.95. The van der Waals surface area contributed by atoms with Crippen LogP contribution in [0.5, 0.6) is 5.75 Å². The summed E-state index contributed by atoms with van der Waals surface area (Å²) >= 11 is 6.32. The SMILES string of the molecule is O=C1CCC(N2C(=O)c3cc4c(cc3C2=O)CN(CC(=O)N2CCC3(CC2)CCN(c2ccc(C(=C(CCCl)c5ccc(F)cc5)c5ccc(O)cc5)cc2)CC3)C4)C(=O)N1. The van der Waals surface area contributed by atoms with E-state index in [0.717, 1.165) is 88.3 Å². The van der Waals surface area contributed by atoms with Gasteiger partial charge in [-0.25, -0.2) is 4.39 Å². The molecule has 13 heteroatoms. The molecule has 0 bridgehead atoms. The zero-order valence-electron chi connectivity index (χ0n) is 33.8. The minimum absolute atomic E-state index is 0.0692. The van der Waals surface area contributed by atoms with Crippen LogP contribution >= 0.6 is 11.6 Å². The number of allylic oxidation sites excluding steroid dienone is 1. The summed E-state index contributed by atoms with van der Waals surface area (Å²) in [7, 11) is 0. The Labute approximate surface area is 358 Å². The second kappa shape index (κ2) is 16.5. The van der Waals surface area contributed by atoms with Crippen LogP contribution in [-0.4, -0.2) is 94.0 Å². The molecule has 1 spiro atoms. The maximum absolute atomic E-state index is 13.9. The van der Waals surface area contributed by atoms with Crippen molar-refractivity contribution in [3.63, 3.8) is 0 Å². The van der Waals surface area contributed by atoms with Crippen LogP contribution in [0.1, 0.15) is 93.5 Å². The number of piperidine rings is 3. The van der Waals surface area contributed by atoms with Gasteiger partial charge >= 0.3 is 0 Å². The number of hydrogen-bond acceptors (Lipinski definition) is 8. The molecule has 3 saturated heterocycles. The van der Waals surface area contributed by atoms with Gasteiger partial charge in [-0.15, -0.1) is 11.6 Å². The van der Waals surface area contributed by atoms with Gasteiger partial charge in [0.1, 0.15) is 17.6 Å². The third kappa shape index (κ3) is 7.94. The van der Waals surface area contributed by atoms with Gasteiger partial charge in [-0.05, 0) is 131 Å². The lowest BCUT2D eigenvalue weighted by Gasteiger charge is -2.47. The molecule has 1 atom stereocenters. The Morgan fingerprint density at radius 2 is 1.33 bits per heavy atom. The van der Waals surface area contributed by atoms with E-state index in [1.807, 2.05) is 21.9 Å². The van der Waals surface area contributed by atoms with Gasteiger partial charge < -0.3 is 14.9 Å². The molecule has 4 aromatic rings. The Morgan fingerprint density at radius 1 is 0.770 bits per heavy atom. The van der Waals surface area contributed by atoms with Gasteiger partial charge in [-0.2, -0.15) is 0 Å². The van der Waals surface area contributed by atoms with Crippen molar-refractivity contribution in [2.75, 3.05) is 43.5 Å². The van der Waals surface area contributed by atoms with E-state index >= 15 is 0 Å². The smallest absolute Gasteiger partial charge is 0.262 e. The van der Waals surface area contributed by atoms with Crippen molar-refractivity contribution in [1.82, 2.24) is 20.0 Å². The first-order valence-corrected chi connectivity index (χ1v) is 21.6.